The summed E-state index contributed by atoms with van der Waals surface area (Å²) in [6.45, 7) is 3.30. The van der Waals surface area contributed by atoms with Crippen LogP contribution in [0.1, 0.15) is 32.6 Å². The molecule has 0 aliphatic carbocycles. The molecule has 2 saturated heterocycles. The number of aromatic nitrogens is 1. The molecule has 0 amide bonds. The fourth-order valence-electron chi connectivity index (χ4n) is 3.56. The molecular weight excluding hydrogens is 210 g/mol. The van der Waals surface area contributed by atoms with E-state index < -0.39 is 0 Å². The van der Waals surface area contributed by atoms with Gasteiger partial charge in [-0.3, -0.25) is 4.98 Å². The molecule has 2 atom stereocenters. The highest BCUT2D eigenvalue weighted by Gasteiger charge is 2.40. The maximum absolute atomic E-state index is 4.25. The fraction of sp³-hybridized carbons (Fsp3) is 0.643. The van der Waals surface area contributed by atoms with E-state index in [4.69, 9.17) is 0 Å². The van der Waals surface area contributed by atoms with Gasteiger partial charge in [0.05, 0.1) is 11.9 Å². The lowest BCUT2D eigenvalue weighted by atomic mass is 9.97. The van der Waals surface area contributed by atoms with Gasteiger partial charge in [0, 0.05) is 24.3 Å². The summed E-state index contributed by atoms with van der Waals surface area (Å²) >= 11 is 0. The largest absolute Gasteiger partial charge is 0.364 e. The molecule has 0 spiro atoms. The van der Waals surface area contributed by atoms with Crippen LogP contribution in [0, 0.1) is 0 Å². The fourth-order valence-corrected chi connectivity index (χ4v) is 3.56. The molecule has 0 aromatic carbocycles. The van der Waals surface area contributed by atoms with Crippen LogP contribution in [0.4, 0.5) is 5.69 Å². The molecule has 3 heteroatoms. The number of fused-ring (bicyclic) bond motifs is 2. The van der Waals surface area contributed by atoms with Crippen LogP contribution in [-0.2, 0) is 0 Å². The van der Waals surface area contributed by atoms with Crippen molar-refractivity contribution in [1.82, 2.24) is 10.3 Å². The van der Waals surface area contributed by atoms with Crippen molar-refractivity contribution >= 4 is 5.69 Å². The molecule has 1 N–H and O–H groups in total. The Balaban J connectivity index is 1.77. The van der Waals surface area contributed by atoms with Crippen LogP contribution >= 0.6 is 0 Å². The molecule has 92 valence electrons. The molecule has 17 heavy (non-hydrogen) atoms. The van der Waals surface area contributed by atoms with Crippen LogP contribution in [0.2, 0.25) is 0 Å². The third-order valence-electron chi connectivity index (χ3n) is 4.17. The standard InChI is InChI=1S/C14H21N3/c1-2-16-11-8-12-5-6-13(9-11)17(12)14-4-3-7-15-10-14/h3-4,7,10-13,16H,2,5-6,8-9H2,1H3. The summed E-state index contributed by atoms with van der Waals surface area (Å²) in [5, 5.41) is 3.62. The van der Waals surface area contributed by atoms with Gasteiger partial charge in [-0.15, -0.1) is 0 Å². The number of rotatable bonds is 3. The Morgan fingerprint density at radius 3 is 2.71 bits per heavy atom. The van der Waals surface area contributed by atoms with Gasteiger partial charge in [-0.1, -0.05) is 6.92 Å². The van der Waals surface area contributed by atoms with E-state index in [1.54, 1.807) is 0 Å². The van der Waals surface area contributed by atoms with Crippen molar-refractivity contribution in [3.05, 3.63) is 24.5 Å². The van der Waals surface area contributed by atoms with E-state index in [-0.39, 0.29) is 0 Å². The highest BCUT2D eigenvalue weighted by atomic mass is 15.2. The van der Waals surface area contributed by atoms with Crippen molar-refractivity contribution in [2.45, 2.75) is 50.7 Å². The van der Waals surface area contributed by atoms with E-state index in [1.807, 2.05) is 18.5 Å². The molecule has 1 aromatic heterocycles. The zero-order valence-corrected chi connectivity index (χ0v) is 10.5. The molecule has 2 fully saturated rings. The number of nitrogens with one attached hydrogen (secondary N) is 1. The zero-order chi connectivity index (χ0) is 11.7. The van der Waals surface area contributed by atoms with Crippen LogP contribution in [0.25, 0.3) is 0 Å². The zero-order valence-electron chi connectivity index (χ0n) is 10.5. The Labute approximate surface area is 103 Å². The molecule has 0 radical (unpaired) electrons. The van der Waals surface area contributed by atoms with Crippen molar-refractivity contribution in [2.75, 3.05) is 11.4 Å². The van der Waals surface area contributed by atoms with Gasteiger partial charge in [0.25, 0.3) is 0 Å². The van der Waals surface area contributed by atoms with Crippen LogP contribution in [0.5, 0.6) is 0 Å². The first-order chi connectivity index (χ1) is 8.38. The van der Waals surface area contributed by atoms with Crippen molar-refractivity contribution in [2.24, 2.45) is 0 Å². The number of hydrogen-bond donors (Lipinski definition) is 1. The first kappa shape index (κ1) is 11.0. The number of nitrogens with zero attached hydrogens (tertiary/aromatic N) is 2. The smallest absolute Gasteiger partial charge is 0.0557 e. The summed E-state index contributed by atoms with van der Waals surface area (Å²) in [6, 6.07) is 6.42. The van der Waals surface area contributed by atoms with E-state index in [0.717, 1.165) is 24.7 Å². The molecule has 3 nitrogen and oxygen atoms in total. The van der Waals surface area contributed by atoms with E-state index >= 15 is 0 Å². The second kappa shape index (κ2) is 4.65. The lowest BCUT2D eigenvalue weighted by Crippen LogP contribution is -2.49. The Kier molecular flexibility index (Phi) is 3.02. The predicted octanol–water partition coefficient (Wildman–Crippen LogP) is 2.19. The van der Waals surface area contributed by atoms with Crippen LogP contribution in [-0.4, -0.2) is 29.7 Å². The topological polar surface area (TPSA) is 28.2 Å². The highest BCUT2D eigenvalue weighted by molar-refractivity contribution is 5.48. The highest BCUT2D eigenvalue weighted by Crippen LogP contribution is 2.38. The Bertz CT molecular complexity index is 351. The summed E-state index contributed by atoms with van der Waals surface area (Å²) < 4.78 is 0. The van der Waals surface area contributed by atoms with Crippen molar-refractivity contribution in [3.63, 3.8) is 0 Å². The minimum absolute atomic E-state index is 0.724. The van der Waals surface area contributed by atoms with Crippen LogP contribution in [0.15, 0.2) is 24.5 Å². The summed E-state index contributed by atoms with van der Waals surface area (Å²) in [4.78, 5) is 6.87. The Morgan fingerprint density at radius 2 is 2.12 bits per heavy atom. The molecule has 2 aliphatic rings. The van der Waals surface area contributed by atoms with E-state index in [2.05, 4.69) is 28.2 Å². The van der Waals surface area contributed by atoms with Crippen molar-refractivity contribution in [3.8, 4) is 0 Å². The van der Waals surface area contributed by atoms with Gasteiger partial charge in [-0.25, -0.2) is 0 Å². The third kappa shape index (κ3) is 2.04. The summed E-state index contributed by atoms with van der Waals surface area (Å²) in [5.41, 5.74) is 1.31. The second-order valence-electron chi connectivity index (χ2n) is 5.23. The summed E-state index contributed by atoms with van der Waals surface area (Å²) in [7, 11) is 0. The molecule has 1 aromatic rings. The molecule has 0 saturated carbocycles. The maximum Gasteiger partial charge on any atom is 0.0557 e. The minimum Gasteiger partial charge on any atom is -0.364 e. The number of pyridine rings is 1. The molecule has 2 aliphatic heterocycles. The third-order valence-corrected chi connectivity index (χ3v) is 4.17. The molecule has 2 unspecified atom stereocenters. The average molecular weight is 231 g/mol. The summed E-state index contributed by atoms with van der Waals surface area (Å²) in [6.07, 6.45) is 9.15. The number of anilines is 1. The predicted molar refractivity (Wildman–Crippen MR) is 70.2 cm³/mol. The Hall–Kier alpha value is -1.09. The first-order valence-electron chi connectivity index (χ1n) is 6.80. The summed E-state index contributed by atoms with van der Waals surface area (Å²) in [5.74, 6) is 0. The Morgan fingerprint density at radius 1 is 1.35 bits per heavy atom. The van der Waals surface area contributed by atoms with E-state index in [0.29, 0.717) is 0 Å². The lowest BCUT2D eigenvalue weighted by molar-refractivity contribution is 0.361. The van der Waals surface area contributed by atoms with Gasteiger partial charge in [0.15, 0.2) is 0 Å². The molecule has 3 heterocycles. The SMILES string of the molecule is CCNC1CC2CCC(C1)N2c1cccnc1. The van der Waals surface area contributed by atoms with Crippen molar-refractivity contribution in [1.29, 1.82) is 0 Å². The number of piperidine rings is 1. The molecule has 3 rings (SSSR count). The molecule has 2 bridgehead atoms. The monoisotopic (exact) mass is 231 g/mol. The van der Waals surface area contributed by atoms with E-state index in [1.165, 1.54) is 31.4 Å². The normalized spacial score (nSPS) is 31.8. The van der Waals surface area contributed by atoms with Crippen molar-refractivity contribution < 1.29 is 0 Å². The van der Waals surface area contributed by atoms with Gasteiger partial charge in [-0.05, 0) is 44.4 Å². The van der Waals surface area contributed by atoms with Crippen LogP contribution < -0.4 is 10.2 Å². The lowest BCUT2D eigenvalue weighted by Gasteiger charge is -2.40. The average Bonchev–Trinajstić information content (AvgIpc) is 2.63. The van der Waals surface area contributed by atoms with Gasteiger partial charge >= 0.3 is 0 Å². The quantitative estimate of drug-likeness (QED) is 0.864. The van der Waals surface area contributed by atoms with Crippen LogP contribution in [0.3, 0.4) is 0 Å². The number of hydrogen-bond acceptors (Lipinski definition) is 3. The van der Waals surface area contributed by atoms with Gasteiger partial charge in [-0.2, -0.15) is 0 Å². The van der Waals surface area contributed by atoms with E-state index in [9.17, 15) is 0 Å². The minimum atomic E-state index is 0.724. The second-order valence-corrected chi connectivity index (χ2v) is 5.23. The maximum atomic E-state index is 4.25. The van der Waals surface area contributed by atoms with Gasteiger partial charge < -0.3 is 10.2 Å². The first-order valence-corrected chi connectivity index (χ1v) is 6.80. The van der Waals surface area contributed by atoms with Gasteiger partial charge in [0.2, 0.25) is 0 Å². The molecular formula is C14H21N3. The van der Waals surface area contributed by atoms with Gasteiger partial charge in [0.1, 0.15) is 0 Å².